The second kappa shape index (κ2) is 22.6. The summed E-state index contributed by atoms with van der Waals surface area (Å²) in [5.41, 5.74) is 3.18. The summed E-state index contributed by atoms with van der Waals surface area (Å²) >= 11 is 0. The zero-order valence-electron chi connectivity index (χ0n) is 14.9. The van der Waals surface area contributed by atoms with E-state index in [4.69, 9.17) is 0 Å². The molecule has 19 heavy (non-hydrogen) atoms. The van der Waals surface area contributed by atoms with Crippen molar-refractivity contribution < 1.29 is 0 Å². The molecule has 0 heteroatoms. The molecule has 0 spiro atoms. The molecule has 0 atom stereocenters. The van der Waals surface area contributed by atoms with E-state index in [9.17, 15) is 0 Å². The third-order valence-corrected chi connectivity index (χ3v) is 3.05. The van der Waals surface area contributed by atoms with E-state index in [2.05, 4.69) is 33.4 Å². The topological polar surface area (TPSA) is 0 Å². The Morgan fingerprint density at radius 3 is 1.68 bits per heavy atom. The predicted molar refractivity (Wildman–Crippen MR) is 93.9 cm³/mol. The molecular formula is C19H40. The highest BCUT2D eigenvalue weighted by Gasteiger charge is 2.06. The van der Waals surface area contributed by atoms with E-state index in [0.717, 1.165) is 0 Å². The van der Waals surface area contributed by atoms with E-state index in [1.165, 1.54) is 56.9 Å². The van der Waals surface area contributed by atoms with Gasteiger partial charge in [0.05, 0.1) is 0 Å². The van der Waals surface area contributed by atoms with Gasteiger partial charge in [0.15, 0.2) is 0 Å². The van der Waals surface area contributed by atoms with E-state index >= 15 is 0 Å². The van der Waals surface area contributed by atoms with Gasteiger partial charge in [-0.15, -0.1) is 0 Å². The minimum absolute atomic E-state index is 1.22. The number of allylic oxidation sites excluding steroid dienone is 3. The Morgan fingerprint density at radius 2 is 1.32 bits per heavy atom. The molecule has 0 aromatic carbocycles. The van der Waals surface area contributed by atoms with Crippen LogP contribution in [-0.2, 0) is 0 Å². The van der Waals surface area contributed by atoms with E-state index in [0.29, 0.717) is 0 Å². The average Bonchev–Trinajstić information content (AvgIpc) is 2.76. The summed E-state index contributed by atoms with van der Waals surface area (Å²) in [6, 6.07) is 0. The van der Waals surface area contributed by atoms with Crippen molar-refractivity contribution >= 4 is 0 Å². The highest BCUT2D eigenvalue weighted by Crippen LogP contribution is 2.25. The summed E-state index contributed by atoms with van der Waals surface area (Å²) in [5.74, 6) is 0. The first kappa shape index (κ1) is 23.6. The molecule has 1 aliphatic carbocycles. The van der Waals surface area contributed by atoms with Crippen LogP contribution in [0.2, 0.25) is 0 Å². The van der Waals surface area contributed by atoms with Gasteiger partial charge in [0, 0.05) is 0 Å². The number of rotatable bonds is 3. The molecule has 0 nitrogen and oxygen atoms in total. The summed E-state index contributed by atoms with van der Waals surface area (Å²) < 4.78 is 0. The molecule has 116 valence electrons. The third kappa shape index (κ3) is 15.4. The quantitative estimate of drug-likeness (QED) is 0.492. The van der Waals surface area contributed by atoms with Gasteiger partial charge >= 0.3 is 0 Å². The summed E-state index contributed by atoms with van der Waals surface area (Å²) in [6.07, 6.45) is 12.7. The summed E-state index contributed by atoms with van der Waals surface area (Å²) in [7, 11) is 0. The molecular weight excluding hydrogens is 228 g/mol. The summed E-state index contributed by atoms with van der Waals surface area (Å²) in [5, 5.41) is 0. The Kier molecular flexibility index (Phi) is 28.1. The van der Waals surface area contributed by atoms with Crippen LogP contribution < -0.4 is 0 Å². The second-order valence-electron chi connectivity index (χ2n) is 4.25. The van der Waals surface area contributed by atoms with Gasteiger partial charge in [-0.3, -0.25) is 0 Å². The number of unbranched alkanes of at least 4 members (excludes halogenated alkanes) is 1. The van der Waals surface area contributed by atoms with Crippen LogP contribution in [0.25, 0.3) is 0 Å². The molecule has 0 N–H and O–H groups in total. The van der Waals surface area contributed by atoms with Crippen molar-refractivity contribution in [2.45, 2.75) is 99.8 Å². The van der Waals surface area contributed by atoms with E-state index in [1.807, 2.05) is 27.7 Å². The lowest BCUT2D eigenvalue weighted by atomic mass is 10.0. The van der Waals surface area contributed by atoms with Crippen LogP contribution >= 0.6 is 0 Å². The molecule has 0 heterocycles. The molecule has 1 aliphatic rings. The Bertz CT molecular complexity index is 184. The predicted octanol–water partition coefficient (Wildman–Crippen LogP) is 7.70. The lowest BCUT2D eigenvalue weighted by Gasteiger charge is -2.05. The van der Waals surface area contributed by atoms with Crippen LogP contribution in [0.1, 0.15) is 99.8 Å². The third-order valence-electron chi connectivity index (χ3n) is 3.05. The second-order valence-corrected chi connectivity index (χ2v) is 4.25. The lowest BCUT2D eigenvalue weighted by molar-refractivity contribution is 0.704. The maximum Gasteiger partial charge on any atom is -0.0280 e. The van der Waals surface area contributed by atoms with Gasteiger partial charge in [0.1, 0.15) is 0 Å². The molecule has 0 saturated heterocycles. The number of hydrogen-bond donors (Lipinski definition) is 0. The normalized spacial score (nSPS) is 13.6. The van der Waals surface area contributed by atoms with Crippen LogP contribution in [0.4, 0.5) is 0 Å². The first-order chi connectivity index (χ1) is 9.29. The maximum absolute atomic E-state index is 3.87. The number of hydrogen-bond acceptors (Lipinski definition) is 0. The average molecular weight is 269 g/mol. The van der Waals surface area contributed by atoms with Gasteiger partial charge in [-0.05, 0) is 37.7 Å². The molecule has 0 unspecified atom stereocenters. The fourth-order valence-corrected chi connectivity index (χ4v) is 1.82. The smallest absolute Gasteiger partial charge is 0.0280 e. The van der Waals surface area contributed by atoms with Crippen molar-refractivity contribution in [1.82, 2.24) is 0 Å². The van der Waals surface area contributed by atoms with Crippen molar-refractivity contribution in [3.8, 4) is 0 Å². The molecule has 1 rings (SSSR count). The molecule has 0 aromatic heterocycles. The molecule has 0 aliphatic heterocycles. The van der Waals surface area contributed by atoms with E-state index in [-0.39, 0.29) is 0 Å². The Hall–Kier alpha value is -0.520. The van der Waals surface area contributed by atoms with Gasteiger partial charge in [-0.1, -0.05) is 86.0 Å². The summed E-state index contributed by atoms with van der Waals surface area (Å²) in [4.78, 5) is 0. The van der Waals surface area contributed by atoms with Crippen molar-refractivity contribution in [1.29, 1.82) is 0 Å². The first-order valence-electron chi connectivity index (χ1n) is 8.63. The Balaban J connectivity index is -0.000000271. The lowest BCUT2D eigenvalue weighted by Crippen LogP contribution is -1.85. The Morgan fingerprint density at radius 1 is 0.842 bits per heavy atom. The minimum atomic E-state index is 1.22. The van der Waals surface area contributed by atoms with E-state index in [1.54, 1.807) is 5.57 Å². The van der Waals surface area contributed by atoms with Crippen LogP contribution in [-0.4, -0.2) is 0 Å². The molecule has 0 aromatic rings. The standard InChI is InChI=1S/C11H18.C4H10.2C2H6/c1-3-10-8-6-5-7-9-11(10)4-2;1-3-4-2;2*1-2/h3H,1,4-9H2,2H3;3-4H2,1-2H3;2*1-2H3. The zero-order valence-corrected chi connectivity index (χ0v) is 14.9. The van der Waals surface area contributed by atoms with Gasteiger partial charge in [-0.2, -0.15) is 0 Å². The highest BCUT2D eigenvalue weighted by molar-refractivity contribution is 5.24. The zero-order chi connectivity index (χ0) is 15.5. The van der Waals surface area contributed by atoms with Gasteiger partial charge in [0.25, 0.3) is 0 Å². The molecule has 0 bridgehead atoms. The molecule has 0 fully saturated rings. The van der Waals surface area contributed by atoms with Crippen molar-refractivity contribution in [3.63, 3.8) is 0 Å². The van der Waals surface area contributed by atoms with E-state index < -0.39 is 0 Å². The van der Waals surface area contributed by atoms with Crippen molar-refractivity contribution in [2.75, 3.05) is 0 Å². The maximum atomic E-state index is 3.87. The first-order valence-corrected chi connectivity index (χ1v) is 8.63. The molecule has 0 saturated carbocycles. The van der Waals surface area contributed by atoms with Crippen LogP contribution in [0.3, 0.4) is 0 Å². The fraction of sp³-hybridized carbons (Fsp3) is 0.789. The van der Waals surface area contributed by atoms with Crippen LogP contribution in [0.5, 0.6) is 0 Å². The Labute approximate surface area is 124 Å². The molecule has 0 amide bonds. The largest absolute Gasteiger partial charge is 0.0988 e. The highest BCUT2D eigenvalue weighted by atomic mass is 14.1. The molecule has 0 radical (unpaired) electrons. The van der Waals surface area contributed by atoms with Gasteiger partial charge in [-0.25, -0.2) is 0 Å². The fourth-order valence-electron chi connectivity index (χ4n) is 1.82. The minimum Gasteiger partial charge on any atom is -0.0988 e. The van der Waals surface area contributed by atoms with Crippen molar-refractivity contribution in [2.24, 2.45) is 0 Å². The van der Waals surface area contributed by atoms with Gasteiger partial charge < -0.3 is 0 Å². The van der Waals surface area contributed by atoms with Gasteiger partial charge in [0.2, 0.25) is 0 Å². The van der Waals surface area contributed by atoms with Crippen molar-refractivity contribution in [3.05, 3.63) is 23.8 Å². The van der Waals surface area contributed by atoms with Crippen LogP contribution in [0, 0.1) is 0 Å². The monoisotopic (exact) mass is 268 g/mol. The van der Waals surface area contributed by atoms with Crippen LogP contribution in [0.15, 0.2) is 23.8 Å². The SMILES string of the molecule is C=CC1=C(CC)CCCCC1.CC.CC.CCCC. The summed E-state index contributed by atoms with van der Waals surface area (Å²) in [6.45, 7) is 18.5.